The van der Waals surface area contributed by atoms with Gasteiger partial charge in [-0.3, -0.25) is 49.0 Å². The number of methoxy groups -OCH3 is 1. The zero-order chi connectivity index (χ0) is 97.1. The Morgan fingerprint density at radius 1 is 0.326 bits per heavy atom. The third kappa shape index (κ3) is 40.1. The number of rotatable bonds is 27. The highest BCUT2D eigenvalue weighted by atomic mass is 19.3. The lowest BCUT2D eigenvalue weighted by Gasteiger charge is -2.33. The van der Waals surface area contributed by atoms with E-state index in [1.54, 1.807) is 0 Å². The zero-order valence-corrected chi connectivity index (χ0v) is 93.1. The number of halogens is 3. The quantitative estimate of drug-likeness (QED) is 0.0785. The molecule has 10 heterocycles. The van der Waals surface area contributed by atoms with E-state index >= 15 is 0 Å². The van der Waals surface area contributed by atoms with Crippen molar-refractivity contribution in [1.82, 2.24) is 49.0 Å². The smallest absolute Gasteiger partial charge is 0.242 e. The standard InChI is InChI=1S/C13H27N.C12H25NO.C12H25N.C11H21F2N.C11H23NO.2C11H21N.C11H23N.C10H20FN.C9H19NO.2CH4/c1-6-7-12-8-13(10(2)3)14(9-12)11(4)5;1-6-14-11-7-12(9(2)3)13(8-11)10(4)5;1-6-11-7-12(9(2)3)13(8-11)10(4)5;1-7(2)10-5-9(11(12)13)6-14(10)8(3)4;1-8(2)11-6-10(13-5)7-12(11)9(3)4;1-7(2)11-10-5-9(10)6-12(11)8(3)4;1-7(2)10-5-9-6-11(9)12(10)8(3)4;1-8(2)11-6-10(5)7-12(11)9(3)4;1-7(2)10-5-9(11)6-12(10)8(3)4;1-7(2)9-5-11-6-10(9)8(3)4;;/h10-13H,6-9H2,1-5H3;9-12H,6-8H2,1-5H3;9-12H,6-8H2,1-5H3;7-11H,5-6H2,1-4H3;8-11H,6-7H2,1-5H3;2*7-11H,5-6H2,1-4H3;8-11H,6-7H2,1-5H3;7-10H,5-6H2,1-4H3;7-9H,5-6H2,1-4H3;2*1H4/t12-,13-;2*11-,12-;9-,10-;10-,11-;9?,10?,11-;9?,10-,11?;10-,11-;9?,10-;9-;;/m0000010000../s1. The van der Waals surface area contributed by atoms with Crippen molar-refractivity contribution in [2.45, 2.75) is 555 Å². The molecule has 0 bridgehead atoms. The fraction of sp³-hybridized carbons (Fsp3) is 1.00. The van der Waals surface area contributed by atoms with Gasteiger partial charge in [-0.1, -0.05) is 187 Å². The maximum atomic E-state index is 13.1. The molecule has 12 rings (SSSR count). The number of ether oxygens (including phenoxy) is 3. The first-order valence-electron chi connectivity index (χ1n) is 54.3. The van der Waals surface area contributed by atoms with Crippen LogP contribution in [0, 0.1) is 101 Å². The number of likely N-dealkylation sites (tertiary alicyclic amines) is 9. The molecule has 0 aromatic carbocycles. The summed E-state index contributed by atoms with van der Waals surface area (Å²) < 4.78 is 54.8. The molecule has 0 aromatic rings. The maximum Gasteiger partial charge on any atom is 0.242 e. The summed E-state index contributed by atoms with van der Waals surface area (Å²) in [4.78, 5) is 25.6. The van der Waals surface area contributed by atoms with E-state index in [9.17, 15) is 13.2 Å². The minimum atomic E-state index is -2.15. The second-order valence-corrected chi connectivity index (χ2v) is 48.8. The lowest BCUT2D eigenvalue weighted by molar-refractivity contribution is 0.0659. The molecule has 129 heavy (non-hydrogen) atoms. The average molecular weight is 1840 g/mol. The maximum absolute atomic E-state index is 13.1. The van der Waals surface area contributed by atoms with E-state index in [0.29, 0.717) is 110 Å². The SMILES string of the molecule is C.C.CC(C)[C@@H]1C2CC2CN1C(C)C.CC(C)[C@@H]1CC(F)CN1C(C)C.CC(C)[C@@H]1CC2CC2N1C(C)C.CC(C)[C@@H]1COCN1C(C)C.CC(C)[C@@H]1C[C@H](C(F)F)CN1C(C)C.CC(C)[C@@H]1C[C@H](C)CN1C(C)C.CCC[C@H]1C[C@@H](C(C)C)N(C(C)C)C1.CCO[C@H]1C[C@@H](C(C)C)N(C(C)C)C1.CC[C@H]1C[C@@H](C(C)C)N(C(C)C)C1.CO[C@H]1C[C@@H](C(C)C)N(C(C)C)C1. The summed E-state index contributed by atoms with van der Waals surface area (Å²) in [6, 6.07) is 14.6. The van der Waals surface area contributed by atoms with Crippen molar-refractivity contribution in [3.63, 3.8) is 0 Å². The van der Waals surface area contributed by atoms with E-state index in [1.807, 2.05) is 7.11 Å². The van der Waals surface area contributed by atoms with Gasteiger partial charge in [0.25, 0.3) is 0 Å². The van der Waals surface area contributed by atoms with E-state index in [2.05, 4.69) is 354 Å². The van der Waals surface area contributed by atoms with Crippen molar-refractivity contribution in [2.24, 2.45) is 101 Å². The molecule has 16 heteroatoms. The van der Waals surface area contributed by atoms with Gasteiger partial charge in [0, 0.05) is 199 Å². The molecule has 12 fully saturated rings. The molecule has 2 saturated carbocycles. The van der Waals surface area contributed by atoms with Gasteiger partial charge in [0.2, 0.25) is 6.43 Å². The largest absolute Gasteiger partial charge is 0.380 e. The summed E-state index contributed by atoms with van der Waals surface area (Å²) in [7, 11) is 1.83. The molecule has 0 aromatic heterocycles. The molecule has 0 radical (unpaired) electrons. The number of alkyl halides is 3. The van der Waals surface area contributed by atoms with Gasteiger partial charge in [-0.2, -0.15) is 0 Å². The van der Waals surface area contributed by atoms with Crippen LogP contribution in [0.15, 0.2) is 0 Å². The summed E-state index contributed by atoms with van der Waals surface area (Å²) in [6.45, 7) is 112. The van der Waals surface area contributed by atoms with Crippen molar-refractivity contribution in [2.75, 3.05) is 79.4 Å². The van der Waals surface area contributed by atoms with Crippen molar-refractivity contribution in [1.29, 1.82) is 0 Å². The molecule has 13 nitrogen and oxygen atoms in total. The van der Waals surface area contributed by atoms with Gasteiger partial charge < -0.3 is 14.2 Å². The van der Waals surface area contributed by atoms with Crippen LogP contribution in [0.25, 0.3) is 0 Å². The monoisotopic (exact) mass is 1840 g/mol. The number of nitrogens with zero attached hydrogens (tertiary/aromatic N) is 10. The van der Waals surface area contributed by atoms with Gasteiger partial charge >= 0.3 is 0 Å². The van der Waals surface area contributed by atoms with Gasteiger partial charge in [-0.25, -0.2) is 13.2 Å². The molecule has 2 aliphatic carbocycles. The van der Waals surface area contributed by atoms with E-state index in [4.69, 9.17) is 14.2 Å². The van der Waals surface area contributed by atoms with Crippen molar-refractivity contribution < 1.29 is 27.4 Å². The molecule has 10 saturated heterocycles. The minimum absolute atomic E-state index is 0. The van der Waals surface area contributed by atoms with Gasteiger partial charge in [0.1, 0.15) is 6.17 Å². The van der Waals surface area contributed by atoms with Crippen LogP contribution in [0.5, 0.6) is 0 Å². The topological polar surface area (TPSA) is 60.1 Å². The van der Waals surface area contributed by atoms with Crippen LogP contribution >= 0.6 is 0 Å². The van der Waals surface area contributed by atoms with Gasteiger partial charge in [0.15, 0.2) is 0 Å². The van der Waals surface area contributed by atoms with Crippen LogP contribution in [0.3, 0.4) is 0 Å². The lowest BCUT2D eigenvalue weighted by Crippen LogP contribution is -2.41. The predicted octanol–water partition coefficient (Wildman–Crippen LogP) is 27.5. The third-order valence-corrected chi connectivity index (χ3v) is 31.9. The van der Waals surface area contributed by atoms with Crippen LogP contribution in [0.4, 0.5) is 13.2 Å². The van der Waals surface area contributed by atoms with E-state index in [1.165, 1.54) is 96.8 Å². The second kappa shape index (κ2) is 61.1. The Bertz CT molecular complexity index is 2500. The molecule has 21 atom stereocenters. The third-order valence-electron chi connectivity index (χ3n) is 31.9. The van der Waals surface area contributed by atoms with Gasteiger partial charge in [-0.15, -0.1) is 0 Å². The number of fused-ring (bicyclic) bond motifs is 2. The first-order valence-corrected chi connectivity index (χ1v) is 54.3. The molecule has 10 aliphatic heterocycles. The molecular weight excluding hydrogens is 1600 g/mol. The number of piperidine rings is 2. The Kier molecular flexibility index (Phi) is 59.8. The second-order valence-electron chi connectivity index (χ2n) is 48.8. The van der Waals surface area contributed by atoms with Crippen molar-refractivity contribution in [3.8, 4) is 0 Å². The molecular formula is C113H233F3N10O3. The van der Waals surface area contributed by atoms with Gasteiger partial charge in [0.05, 0.1) is 25.5 Å². The molecule has 774 valence electrons. The Hall–Kier alpha value is -0.730. The van der Waals surface area contributed by atoms with E-state index in [0.717, 1.165) is 183 Å². The van der Waals surface area contributed by atoms with E-state index in [-0.39, 0.29) is 14.9 Å². The van der Waals surface area contributed by atoms with Gasteiger partial charge in [-0.05, 0) is 311 Å². The normalized spacial score (nSPS) is 31.7. The Balaban J connectivity index is 0.000000716. The summed E-state index contributed by atoms with van der Waals surface area (Å²) in [6.07, 6.45) is 14.8. The lowest BCUT2D eigenvalue weighted by atomic mass is 9.95. The average Bonchev–Trinajstić information content (AvgIpc) is 1.59. The first kappa shape index (κ1) is 126. The van der Waals surface area contributed by atoms with Crippen molar-refractivity contribution >= 4 is 0 Å². The van der Waals surface area contributed by atoms with Crippen LogP contribution in [0.2, 0.25) is 0 Å². The predicted molar refractivity (Wildman–Crippen MR) is 562 cm³/mol. The van der Waals surface area contributed by atoms with Crippen LogP contribution < -0.4 is 0 Å². The Labute approximate surface area is 806 Å². The van der Waals surface area contributed by atoms with Crippen LogP contribution in [-0.2, 0) is 14.2 Å². The highest BCUT2D eigenvalue weighted by Gasteiger charge is 2.55. The Morgan fingerprint density at radius 3 is 1.02 bits per heavy atom. The number of hydrogen-bond acceptors (Lipinski definition) is 13. The molecule has 12 aliphatic rings. The zero-order valence-electron chi connectivity index (χ0n) is 93.1. The first-order chi connectivity index (χ1) is 59.0. The van der Waals surface area contributed by atoms with E-state index < -0.39 is 18.5 Å². The summed E-state index contributed by atoms with van der Waals surface area (Å²) in [5, 5.41) is 0. The Morgan fingerprint density at radius 2 is 0.690 bits per heavy atom. The summed E-state index contributed by atoms with van der Waals surface area (Å²) >= 11 is 0. The number of hydrogen-bond donors (Lipinski definition) is 0. The van der Waals surface area contributed by atoms with Crippen LogP contribution in [-0.4, -0.2) is 280 Å². The highest BCUT2D eigenvalue weighted by molar-refractivity contribution is 5.08. The minimum Gasteiger partial charge on any atom is -0.380 e. The summed E-state index contributed by atoms with van der Waals surface area (Å²) in [5.41, 5.74) is 0. The molecule has 0 amide bonds. The molecule has 0 spiro atoms. The van der Waals surface area contributed by atoms with Crippen LogP contribution in [0.1, 0.15) is 403 Å². The van der Waals surface area contributed by atoms with Crippen molar-refractivity contribution in [3.05, 3.63) is 0 Å². The summed E-state index contributed by atoms with van der Waals surface area (Å²) in [5.74, 6) is 13.0. The highest BCUT2D eigenvalue weighted by Crippen LogP contribution is 2.53. The fourth-order valence-corrected chi connectivity index (χ4v) is 24.4. The fourth-order valence-electron chi connectivity index (χ4n) is 24.4. The molecule has 5 unspecified atom stereocenters. The molecule has 0 N–H and O–H groups in total.